The fourth-order valence-corrected chi connectivity index (χ4v) is 1.98. The maximum Gasteiger partial charge on any atom is 0.372 e. The van der Waals surface area contributed by atoms with Crippen molar-refractivity contribution in [2.75, 3.05) is 66.1 Å². The van der Waals surface area contributed by atoms with Crippen LogP contribution < -0.4 is 0 Å². The fraction of sp³-hybridized carbons (Fsp3) is 0.700. The molecule has 0 fully saturated rings. The molecule has 0 aromatic carbocycles. The van der Waals surface area contributed by atoms with Gasteiger partial charge in [-0.05, 0) is 0 Å². The highest BCUT2D eigenvalue weighted by molar-refractivity contribution is 6.33. The molecule has 2 N–H and O–H groups in total. The van der Waals surface area contributed by atoms with E-state index in [1.807, 2.05) is 0 Å². The minimum absolute atomic E-state index is 0.0210. The number of esters is 2. The molecule has 0 amide bonds. The predicted octanol–water partition coefficient (Wildman–Crippen LogP) is -0.993. The van der Waals surface area contributed by atoms with Crippen molar-refractivity contribution in [2.45, 2.75) is 25.7 Å². The van der Waals surface area contributed by atoms with E-state index in [1.54, 1.807) is 0 Å². The quantitative estimate of drug-likeness (QED) is 0.0996. The van der Waals surface area contributed by atoms with Crippen molar-refractivity contribution >= 4 is 35.4 Å². The molecule has 0 unspecified atom stereocenters. The molecule has 0 aliphatic rings. The number of hydrogen-bond donors (Lipinski definition) is 2. The van der Waals surface area contributed by atoms with Gasteiger partial charge in [0.25, 0.3) is 0 Å². The molecule has 14 heteroatoms. The van der Waals surface area contributed by atoms with Crippen molar-refractivity contribution in [1.82, 2.24) is 0 Å². The van der Waals surface area contributed by atoms with Gasteiger partial charge in [-0.15, -0.1) is 0 Å². The predicted molar refractivity (Wildman–Crippen MR) is 109 cm³/mol. The number of Topliss-reactive ketones (excluding diaryl/α,β-unsaturated/α-hetero) is 2. The molecular formula is C20H30O14. The van der Waals surface area contributed by atoms with Gasteiger partial charge in [-0.25, -0.2) is 9.59 Å². The highest BCUT2D eigenvalue weighted by atomic mass is 16.6. The molecule has 0 heterocycles. The van der Waals surface area contributed by atoms with Crippen molar-refractivity contribution < 1.29 is 67.4 Å². The summed E-state index contributed by atoms with van der Waals surface area (Å²) in [5.74, 6) is -6.62. The number of carbonyl (C=O) groups excluding carboxylic acids is 4. The number of aliphatic carboxylic acids is 2. The Bertz CT molecular complexity index is 604. The second-order valence-corrected chi connectivity index (χ2v) is 6.35. The average molecular weight is 494 g/mol. The van der Waals surface area contributed by atoms with Crippen LogP contribution in [0.25, 0.3) is 0 Å². The van der Waals surface area contributed by atoms with Gasteiger partial charge in [0.15, 0.2) is 0 Å². The third-order valence-corrected chi connectivity index (χ3v) is 3.69. The lowest BCUT2D eigenvalue weighted by molar-refractivity contribution is -0.151. The van der Waals surface area contributed by atoms with E-state index in [1.165, 1.54) is 0 Å². The molecular weight excluding hydrogens is 464 g/mol. The number of carbonyl (C=O) groups is 6. The summed E-state index contributed by atoms with van der Waals surface area (Å²) >= 11 is 0. The molecule has 0 saturated heterocycles. The normalized spacial score (nSPS) is 10.5. The Hall–Kier alpha value is -2.94. The van der Waals surface area contributed by atoms with E-state index in [0.717, 1.165) is 0 Å². The fourth-order valence-electron chi connectivity index (χ4n) is 1.98. The van der Waals surface area contributed by atoms with Crippen LogP contribution >= 0.6 is 0 Å². The van der Waals surface area contributed by atoms with Gasteiger partial charge in [0.2, 0.25) is 11.6 Å². The molecule has 0 aliphatic carbocycles. The van der Waals surface area contributed by atoms with Gasteiger partial charge in [0.1, 0.15) is 13.2 Å². The number of carboxylic acids is 2. The summed E-state index contributed by atoms with van der Waals surface area (Å²) in [6.07, 6.45) is -1.42. The Balaban J connectivity index is 3.31. The average Bonchev–Trinajstić information content (AvgIpc) is 2.80. The number of carboxylic acid groups (broad SMARTS) is 2. The van der Waals surface area contributed by atoms with Gasteiger partial charge in [-0.3, -0.25) is 19.2 Å². The van der Waals surface area contributed by atoms with E-state index >= 15 is 0 Å². The largest absolute Gasteiger partial charge is 0.476 e. The van der Waals surface area contributed by atoms with Gasteiger partial charge in [0.05, 0.1) is 65.7 Å². The second kappa shape index (κ2) is 20.7. The monoisotopic (exact) mass is 494 g/mol. The molecule has 0 saturated carbocycles. The molecule has 0 radical (unpaired) electrons. The smallest absolute Gasteiger partial charge is 0.372 e. The van der Waals surface area contributed by atoms with Crippen LogP contribution in [0.1, 0.15) is 25.7 Å². The Morgan fingerprint density at radius 1 is 0.412 bits per heavy atom. The summed E-state index contributed by atoms with van der Waals surface area (Å²) in [6, 6.07) is 0. The Kier molecular flexibility index (Phi) is 18.9. The first-order valence-corrected chi connectivity index (χ1v) is 10.4. The number of hydrogen-bond acceptors (Lipinski definition) is 12. The van der Waals surface area contributed by atoms with Crippen LogP contribution in [0.5, 0.6) is 0 Å². The summed E-state index contributed by atoms with van der Waals surface area (Å²) < 4.78 is 30.5. The zero-order valence-corrected chi connectivity index (χ0v) is 18.7. The molecule has 0 aromatic rings. The number of ketones is 2. The van der Waals surface area contributed by atoms with Crippen LogP contribution in [0.3, 0.4) is 0 Å². The van der Waals surface area contributed by atoms with Gasteiger partial charge in [-0.1, -0.05) is 0 Å². The molecule has 34 heavy (non-hydrogen) atoms. The molecule has 0 atom stereocenters. The third kappa shape index (κ3) is 19.7. The maximum absolute atomic E-state index is 11.3. The van der Waals surface area contributed by atoms with E-state index in [0.29, 0.717) is 26.4 Å². The van der Waals surface area contributed by atoms with Crippen molar-refractivity contribution in [2.24, 2.45) is 0 Å². The van der Waals surface area contributed by atoms with Crippen molar-refractivity contribution in [1.29, 1.82) is 0 Å². The summed E-state index contributed by atoms with van der Waals surface area (Å²) in [5.41, 5.74) is 0. The SMILES string of the molecule is O=C(CCC(=O)C(=O)O)OCCOCCOCCOCCOCCOC(=O)CCC(=O)C(=O)O. The van der Waals surface area contributed by atoms with E-state index in [-0.39, 0.29) is 52.5 Å². The van der Waals surface area contributed by atoms with Gasteiger partial charge < -0.3 is 38.6 Å². The zero-order valence-electron chi connectivity index (χ0n) is 18.7. The van der Waals surface area contributed by atoms with Crippen LogP contribution in [0, 0.1) is 0 Å². The lowest BCUT2D eigenvalue weighted by Crippen LogP contribution is -2.17. The first-order chi connectivity index (χ1) is 16.2. The van der Waals surface area contributed by atoms with Gasteiger partial charge in [-0.2, -0.15) is 0 Å². The molecule has 0 aromatic heterocycles. The van der Waals surface area contributed by atoms with Crippen LogP contribution in [0.15, 0.2) is 0 Å². The summed E-state index contributed by atoms with van der Waals surface area (Å²) in [4.78, 5) is 64.8. The first-order valence-electron chi connectivity index (χ1n) is 10.4. The van der Waals surface area contributed by atoms with Crippen molar-refractivity contribution in [3.8, 4) is 0 Å². The van der Waals surface area contributed by atoms with E-state index < -0.39 is 48.3 Å². The minimum atomic E-state index is -1.58. The number of rotatable bonds is 23. The highest BCUT2D eigenvalue weighted by Crippen LogP contribution is 1.96. The molecule has 14 nitrogen and oxygen atoms in total. The Morgan fingerprint density at radius 3 is 0.941 bits per heavy atom. The van der Waals surface area contributed by atoms with E-state index in [2.05, 4.69) is 0 Å². The molecule has 0 aliphatic heterocycles. The van der Waals surface area contributed by atoms with Crippen LogP contribution in [0.2, 0.25) is 0 Å². The third-order valence-electron chi connectivity index (χ3n) is 3.69. The zero-order chi connectivity index (χ0) is 25.6. The molecule has 0 rings (SSSR count). The van der Waals surface area contributed by atoms with E-state index in [9.17, 15) is 28.8 Å². The van der Waals surface area contributed by atoms with Crippen molar-refractivity contribution in [3.05, 3.63) is 0 Å². The van der Waals surface area contributed by atoms with Crippen LogP contribution in [0.4, 0.5) is 0 Å². The first kappa shape index (κ1) is 31.1. The summed E-state index contributed by atoms with van der Waals surface area (Å²) in [7, 11) is 0. The molecule has 194 valence electrons. The van der Waals surface area contributed by atoms with E-state index in [4.69, 9.17) is 38.6 Å². The lowest BCUT2D eigenvalue weighted by Gasteiger charge is -2.08. The van der Waals surface area contributed by atoms with Gasteiger partial charge in [0, 0.05) is 12.8 Å². The molecule has 0 spiro atoms. The standard InChI is InChI=1S/C20H30O14/c21-15(19(25)26)1-3-17(23)33-13-11-31-9-7-29-5-6-30-8-10-32-12-14-34-18(24)4-2-16(22)20(27)28/h1-14H2,(H,25,26)(H,27,28). The summed E-state index contributed by atoms with van der Waals surface area (Å²) in [6.45, 7) is 1.99. The Morgan fingerprint density at radius 2 is 0.676 bits per heavy atom. The highest BCUT2D eigenvalue weighted by Gasteiger charge is 2.15. The topological polar surface area (TPSA) is 198 Å². The van der Waals surface area contributed by atoms with Gasteiger partial charge >= 0.3 is 23.9 Å². The maximum atomic E-state index is 11.3. The molecule has 0 bridgehead atoms. The second-order valence-electron chi connectivity index (χ2n) is 6.35. The van der Waals surface area contributed by atoms with Crippen molar-refractivity contribution in [3.63, 3.8) is 0 Å². The lowest BCUT2D eigenvalue weighted by atomic mass is 10.2. The van der Waals surface area contributed by atoms with Crippen LogP contribution in [-0.2, 0) is 57.2 Å². The number of ether oxygens (including phenoxy) is 6. The minimum Gasteiger partial charge on any atom is -0.476 e. The Labute approximate surface area is 195 Å². The summed E-state index contributed by atoms with van der Waals surface area (Å²) in [5, 5.41) is 16.8. The van der Waals surface area contributed by atoms with Crippen LogP contribution in [-0.4, -0.2) is 112 Å².